The van der Waals surface area contributed by atoms with Gasteiger partial charge in [0.2, 0.25) is 0 Å². The number of hydrogen-bond donors (Lipinski definition) is 0. The van der Waals surface area contributed by atoms with E-state index in [0.29, 0.717) is 0 Å². The molecule has 0 saturated carbocycles. The molecule has 0 radical (unpaired) electrons. The Morgan fingerprint density at radius 1 is 1.31 bits per heavy atom. The summed E-state index contributed by atoms with van der Waals surface area (Å²) in [5.74, 6) is 0.947. The van der Waals surface area contributed by atoms with Gasteiger partial charge in [-0.1, -0.05) is 37.3 Å². The molecule has 0 spiro atoms. The predicted molar refractivity (Wildman–Crippen MR) is 70.7 cm³/mol. The first-order valence-electron chi connectivity index (χ1n) is 5.84. The Bertz CT molecular complexity index is 375. The molecule has 1 heteroatoms. The lowest BCUT2D eigenvalue weighted by molar-refractivity contribution is 0.317. The van der Waals surface area contributed by atoms with Crippen LogP contribution >= 0.6 is 0 Å². The van der Waals surface area contributed by atoms with Crippen LogP contribution in [0.5, 0.6) is 5.75 Å². The number of benzene rings is 1. The third-order valence-electron chi connectivity index (χ3n) is 2.30. The number of ether oxygens (including phenoxy) is 1. The second-order valence-corrected chi connectivity index (χ2v) is 3.62. The summed E-state index contributed by atoms with van der Waals surface area (Å²) in [4.78, 5) is 0. The molecule has 0 bridgehead atoms. The van der Waals surface area contributed by atoms with E-state index in [1.165, 1.54) is 11.1 Å². The molecule has 0 amide bonds. The van der Waals surface area contributed by atoms with Crippen molar-refractivity contribution in [2.45, 2.75) is 27.2 Å². The van der Waals surface area contributed by atoms with E-state index in [1.807, 2.05) is 19.1 Å². The molecule has 16 heavy (non-hydrogen) atoms. The SMILES string of the molecule is C/C=C\C(=C/C)c1cccc(OCCC)c1. The van der Waals surface area contributed by atoms with Crippen molar-refractivity contribution in [3.63, 3.8) is 0 Å². The molecule has 0 aromatic heterocycles. The highest BCUT2D eigenvalue weighted by Crippen LogP contribution is 2.21. The lowest BCUT2D eigenvalue weighted by atomic mass is 10.1. The summed E-state index contributed by atoms with van der Waals surface area (Å²) in [5, 5.41) is 0. The summed E-state index contributed by atoms with van der Waals surface area (Å²) < 4.78 is 5.62. The van der Waals surface area contributed by atoms with Crippen LogP contribution in [-0.2, 0) is 0 Å². The van der Waals surface area contributed by atoms with Gasteiger partial charge in [0, 0.05) is 0 Å². The highest BCUT2D eigenvalue weighted by molar-refractivity contribution is 5.74. The normalized spacial score (nSPS) is 12.1. The van der Waals surface area contributed by atoms with E-state index in [1.54, 1.807) is 0 Å². The second-order valence-electron chi connectivity index (χ2n) is 3.62. The van der Waals surface area contributed by atoms with Crippen LogP contribution in [0.4, 0.5) is 0 Å². The van der Waals surface area contributed by atoms with Crippen LogP contribution in [0.25, 0.3) is 5.57 Å². The lowest BCUT2D eigenvalue weighted by Crippen LogP contribution is -1.95. The predicted octanol–water partition coefficient (Wildman–Crippen LogP) is 4.45. The molecule has 0 heterocycles. The topological polar surface area (TPSA) is 9.23 Å². The van der Waals surface area contributed by atoms with Gasteiger partial charge < -0.3 is 4.74 Å². The van der Waals surface area contributed by atoms with Gasteiger partial charge in [0.15, 0.2) is 0 Å². The summed E-state index contributed by atoms with van der Waals surface area (Å²) in [7, 11) is 0. The van der Waals surface area contributed by atoms with Crippen molar-refractivity contribution in [2.24, 2.45) is 0 Å². The molecule has 0 aliphatic heterocycles. The minimum absolute atomic E-state index is 0.776. The second kappa shape index (κ2) is 6.89. The van der Waals surface area contributed by atoms with Gasteiger partial charge in [-0.2, -0.15) is 0 Å². The van der Waals surface area contributed by atoms with E-state index in [2.05, 4.69) is 44.2 Å². The molecule has 0 saturated heterocycles. The van der Waals surface area contributed by atoms with Crippen LogP contribution < -0.4 is 4.74 Å². The number of hydrogen-bond acceptors (Lipinski definition) is 1. The minimum Gasteiger partial charge on any atom is -0.494 e. The van der Waals surface area contributed by atoms with Gasteiger partial charge in [0.25, 0.3) is 0 Å². The van der Waals surface area contributed by atoms with E-state index in [4.69, 9.17) is 4.74 Å². The van der Waals surface area contributed by atoms with E-state index in [9.17, 15) is 0 Å². The molecule has 1 rings (SSSR count). The van der Waals surface area contributed by atoms with Crippen molar-refractivity contribution in [2.75, 3.05) is 6.61 Å². The molecule has 0 atom stereocenters. The Hall–Kier alpha value is -1.50. The summed E-state index contributed by atoms with van der Waals surface area (Å²) >= 11 is 0. The summed E-state index contributed by atoms with van der Waals surface area (Å²) in [6.07, 6.45) is 7.31. The Balaban J connectivity index is 2.88. The van der Waals surface area contributed by atoms with Crippen molar-refractivity contribution >= 4 is 5.57 Å². The van der Waals surface area contributed by atoms with Crippen LogP contribution in [0.3, 0.4) is 0 Å². The Kier molecular flexibility index (Phi) is 5.41. The zero-order valence-electron chi connectivity index (χ0n) is 10.4. The van der Waals surface area contributed by atoms with Crippen LogP contribution in [0.1, 0.15) is 32.8 Å². The Labute approximate surface area is 98.5 Å². The van der Waals surface area contributed by atoms with E-state index >= 15 is 0 Å². The monoisotopic (exact) mass is 216 g/mol. The van der Waals surface area contributed by atoms with Gasteiger partial charge >= 0.3 is 0 Å². The average Bonchev–Trinajstić information content (AvgIpc) is 2.33. The molecular formula is C15H20O. The zero-order valence-corrected chi connectivity index (χ0v) is 10.4. The standard InChI is InChI=1S/C15H20O/c1-4-8-13(6-3)14-9-7-10-15(12-14)16-11-5-2/h4,6-10,12H,5,11H2,1-3H3/b8-4-,13-6+. The maximum Gasteiger partial charge on any atom is 0.119 e. The van der Waals surface area contributed by atoms with Gasteiger partial charge in [-0.05, 0) is 43.5 Å². The smallest absolute Gasteiger partial charge is 0.119 e. The van der Waals surface area contributed by atoms with Crippen molar-refractivity contribution in [1.29, 1.82) is 0 Å². The van der Waals surface area contributed by atoms with Crippen molar-refractivity contribution < 1.29 is 4.74 Å². The molecule has 0 aliphatic rings. The van der Waals surface area contributed by atoms with Gasteiger partial charge in [-0.15, -0.1) is 0 Å². The molecular weight excluding hydrogens is 196 g/mol. The van der Waals surface area contributed by atoms with Crippen molar-refractivity contribution in [1.82, 2.24) is 0 Å². The fourth-order valence-electron chi connectivity index (χ4n) is 1.52. The molecule has 1 aromatic rings. The minimum atomic E-state index is 0.776. The van der Waals surface area contributed by atoms with Crippen molar-refractivity contribution in [3.05, 3.63) is 48.1 Å². The molecule has 0 unspecified atom stereocenters. The largest absolute Gasteiger partial charge is 0.494 e. The molecule has 1 aromatic carbocycles. The molecule has 0 aliphatic carbocycles. The Morgan fingerprint density at radius 3 is 2.75 bits per heavy atom. The maximum absolute atomic E-state index is 5.62. The highest BCUT2D eigenvalue weighted by atomic mass is 16.5. The zero-order chi connectivity index (χ0) is 11.8. The quantitative estimate of drug-likeness (QED) is 0.660. The summed E-state index contributed by atoms with van der Waals surface area (Å²) in [5.41, 5.74) is 2.43. The first kappa shape index (κ1) is 12.6. The van der Waals surface area contributed by atoms with Crippen molar-refractivity contribution in [3.8, 4) is 5.75 Å². The average molecular weight is 216 g/mol. The fraction of sp³-hybridized carbons (Fsp3) is 0.333. The van der Waals surface area contributed by atoms with Crippen LogP contribution in [0.2, 0.25) is 0 Å². The number of rotatable bonds is 5. The first-order valence-corrected chi connectivity index (χ1v) is 5.84. The summed E-state index contributed by atoms with van der Waals surface area (Å²) in [6, 6.07) is 8.23. The molecule has 86 valence electrons. The van der Waals surface area contributed by atoms with Gasteiger partial charge in [-0.3, -0.25) is 0 Å². The third kappa shape index (κ3) is 3.58. The molecule has 0 N–H and O–H groups in total. The highest BCUT2D eigenvalue weighted by Gasteiger charge is 1.99. The van der Waals surface area contributed by atoms with Gasteiger partial charge in [-0.25, -0.2) is 0 Å². The Morgan fingerprint density at radius 2 is 2.12 bits per heavy atom. The van der Waals surface area contributed by atoms with E-state index in [-0.39, 0.29) is 0 Å². The molecule has 0 fully saturated rings. The maximum atomic E-state index is 5.62. The van der Waals surface area contributed by atoms with Crippen LogP contribution in [-0.4, -0.2) is 6.61 Å². The summed E-state index contributed by atoms with van der Waals surface area (Å²) in [6.45, 7) is 6.97. The van der Waals surface area contributed by atoms with Crippen LogP contribution in [0.15, 0.2) is 42.5 Å². The fourth-order valence-corrected chi connectivity index (χ4v) is 1.52. The third-order valence-corrected chi connectivity index (χ3v) is 2.30. The van der Waals surface area contributed by atoms with Gasteiger partial charge in [0.1, 0.15) is 5.75 Å². The molecule has 1 nitrogen and oxygen atoms in total. The van der Waals surface area contributed by atoms with E-state index in [0.717, 1.165) is 18.8 Å². The lowest BCUT2D eigenvalue weighted by Gasteiger charge is -2.07. The van der Waals surface area contributed by atoms with E-state index < -0.39 is 0 Å². The van der Waals surface area contributed by atoms with Gasteiger partial charge in [0.05, 0.1) is 6.61 Å². The van der Waals surface area contributed by atoms with Crippen LogP contribution in [0, 0.1) is 0 Å². The number of allylic oxidation sites excluding steroid dienone is 4. The first-order chi connectivity index (χ1) is 7.81.